The lowest BCUT2D eigenvalue weighted by Crippen LogP contribution is -2.45. The molecule has 0 unspecified atom stereocenters. The van der Waals surface area contributed by atoms with Crippen molar-refractivity contribution in [2.75, 3.05) is 40.0 Å². The molecule has 100 valence electrons. The van der Waals surface area contributed by atoms with E-state index in [2.05, 4.69) is 10.2 Å². The first-order chi connectivity index (χ1) is 8.76. The van der Waals surface area contributed by atoms with Crippen molar-refractivity contribution in [2.24, 2.45) is 0 Å². The fourth-order valence-electron chi connectivity index (χ4n) is 2.44. The van der Waals surface area contributed by atoms with Gasteiger partial charge in [-0.1, -0.05) is 12.1 Å². The molecule has 0 amide bonds. The quantitative estimate of drug-likeness (QED) is 0.886. The molecule has 1 fully saturated rings. The fourth-order valence-corrected chi connectivity index (χ4v) is 2.44. The van der Waals surface area contributed by atoms with Crippen LogP contribution >= 0.6 is 0 Å². The van der Waals surface area contributed by atoms with Crippen LogP contribution in [0.15, 0.2) is 18.2 Å². The number of hydrogen-bond acceptors (Lipinski definition) is 3. The summed E-state index contributed by atoms with van der Waals surface area (Å²) in [5.74, 6) is 0.834. The summed E-state index contributed by atoms with van der Waals surface area (Å²) in [6.07, 6.45) is 0. The van der Waals surface area contributed by atoms with Crippen LogP contribution in [0.4, 0.5) is 4.39 Å². The SMILES string of the molecule is COc1cc([C@H](CF)N2CCNCC2)ccc1C. The molecule has 1 aliphatic rings. The molecule has 1 N–H and O–H groups in total. The molecule has 0 saturated carbocycles. The molecule has 1 aliphatic heterocycles. The average Bonchev–Trinajstić information content (AvgIpc) is 2.42. The van der Waals surface area contributed by atoms with Gasteiger partial charge in [0, 0.05) is 26.2 Å². The topological polar surface area (TPSA) is 24.5 Å². The standard InChI is InChI=1S/C14H21FN2O/c1-11-3-4-12(9-14(11)18-2)13(10-15)17-7-5-16-6-8-17/h3-4,9,13,16H,5-8,10H2,1-2H3/t13-/m0/s1. The number of benzene rings is 1. The van der Waals surface area contributed by atoms with E-state index < -0.39 is 0 Å². The van der Waals surface area contributed by atoms with Crippen LogP contribution in [0, 0.1) is 6.92 Å². The number of aryl methyl sites for hydroxylation is 1. The van der Waals surface area contributed by atoms with Crippen LogP contribution in [0.5, 0.6) is 5.75 Å². The molecule has 1 heterocycles. The molecule has 4 heteroatoms. The fraction of sp³-hybridized carbons (Fsp3) is 0.571. The van der Waals surface area contributed by atoms with E-state index in [-0.39, 0.29) is 12.7 Å². The van der Waals surface area contributed by atoms with Crippen molar-refractivity contribution in [3.8, 4) is 5.75 Å². The Balaban J connectivity index is 2.20. The lowest BCUT2D eigenvalue weighted by molar-refractivity contribution is 0.147. The van der Waals surface area contributed by atoms with E-state index in [4.69, 9.17) is 4.74 Å². The summed E-state index contributed by atoms with van der Waals surface area (Å²) in [6.45, 7) is 5.29. The Morgan fingerprint density at radius 1 is 1.39 bits per heavy atom. The van der Waals surface area contributed by atoms with E-state index in [9.17, 15) is 4.39 Å². The molecule has 0 bridgehead atoms. The van der Waals surface area contributed by atoms with Gasteiger partial charge in [-0.2, -0.15) is 0 Å². The number of piperazine rings is 1. The van der Waals surface area contributed by atoms with Crippen LogP contribution in [0.3, 0.4) is 0 Å². The Kier molecular flexibility index (Phi) is 4.55. The summed E-state index contributed by atoms with van der Waals surface area (Å²) in [4.78, 5) is 2.20. The first-order valence-corrected chi connectivity index (χ1v) is 6.41. The third kappa shape index (κ3) is 2.82. The van der Waals surface area contributed by atoms with Crippen molar-refractivity contribution < 1.29 is 9.13 Å². The zero-order valence-electron chi connectivity index (χ0n) is 11.1. The zero-order chi connectivity index (χ0) is 13.0. The molecule has 0 spiro atoms. The molecule has 1 aromatic carbocycles. The van der Waals surface area contributed by atoms with Crippen molar-refractivity contribution in [3.63, 3.8) is 0 Å². The molecule has 2 rings (SSSR count). The Hall–Kier alpha value is -1.13. The Morgan fingerprint density at radius 3 is 2.72 bits per heavy atom. The largest absolute Gasteiger partial charge is 0.496 e. The Bertz CT molecular complexity index is 391. The van der Waals surface area contributed by atoms with E-state index in [1.807, 2.05) is 25.1 Å². The van der Waals surface area contributed by atoms with Gasteiger partial charge < -0.3 is 10.1 Å². The number of ether oxygens (including phenoxy) is 1. The van der Waals surface area contributed by atoms with Gasteiger partial charge >= 0.3 is 0 Å². The highest BCUT2D eigenvalue weighted by Gasteiger charge is 2.22. The summed E-state index contributed by atoms with van der Waals surface area (Å²) < 4.78 is 18.7. The van der Waals surface area contributed by atoms with E-state index in [0.29, 0.717) is 0 Å². The van der Waals surface area contributed by atoms with Crippen LogP contribution in [0.1, 0.15) is 17.2 Å². The van der Waals surface area contributed by atoms with Crippen molar-refractivity contribution in [1.29, 1.82) is 0 Å². The Labute approximate surface area is 108 Å². The summed E-state index contributed by atoms with van der Waals surface area (Å²) in [5, 5.41) is 3.29. The van der Waals surface area contributed by atoms with Gasteiger partial charge in [0.1, 0.15) is 12.4 Å². The highest BCUT2D eigenvalue weighted by atomic mass is 19.1. The maximum absolute atomic E-state index is 13.4. The third-order valence-corrected chi connectivity index (χ3v) is 3.56. The highest BCUT2D eigenvalue weighted by molar-refractivity contribution is 5.38. The molecular formula is C14H21FN2O. The number of halogens is 1. The molecule has 0 aliphatic carbocycles. The molecule has 1 atom stereocenters. The number of hydrogen-bond donors (Lipinski definition) is 1. The maximum Gasteiger partial charge on any atom is 0.122 e. The van der Waals surface area contributed by atoms with E-state index in [1.54, 1.807) is 7.11 Å². The monoisotopic (exact) mass is 252 g/mol. The van der Waals surface area contributed by atoms with Gasteiger partial charge in [0.25, 0.3) is 0 Å². The number of rotatable bonds is 4. The van der Waals surface area contributed by atoms with Crippen molar-refractivity contribution in [2.45, 2.75) is 13.0 Å². The van der Waals surface area contributed by atoms with E-state index in [0.717, 1.165) is 43.1 Å². The second kappa shape index (κ2) is 6.16. The molecule has 1 aromatic rings. The predicted octanol–water partition coefficient (Wildman–Crippen LogP) is 1.92. The lowest BCUT2D eigenvalue weighted by Gasteiger charge is -2.33. The number of alkyl halides is 1. The summed E-state index contributed by atoms with van der Waals surface area (Å²) >= 11 is 0. The molecular weight excluding hydrogens is 231 g/mol. The van der Waals surface area contributed by atoms with Gasteiger partial charge in [0.2, 0.25) is 0 Å². The zero-order valence-corrected chi connectivity index (χ0v) is 11.1. The normalized spacial score (nSPS) is 18.6. The van der Waals surface area contributed by atoms with Gasteiger partial charge in [-0.3, -0.25) is 4.90 Å². The summed E-state index contributed by atoms with van der Waals surface area (Å²) in [7, 11) is 1.65. The van der Waals surface area contributed by atoms with Gasteiger partial charge in [0.15, 0.2) is 0 Å². The second-order valence-corrected chi connectivity index (χ2v) is 4.69. The molecule has 0 aromatic heterocycles. The minimum atomic E-state index is -0.355. The highest BCUT2D eigenvalue weighted by Crippen LogP contribution is 2.27. The number of nitrogens with one attached hydrogen (secondary N) is 1. The lowest BCUT2D eigenvalue weighted by atomic mass is 10.0. The van der Waals surface area contributed by atoms with Crippen molar-refractivity contribution in [1.82, 2.24) is 10.2 Å². The van der Waals surface area contributed by atoms with Gasteiger partial charge in [-0.15, -0.1) is 0 Å². The number of methoxy groups -OCH3 is 1. The molecule has 18 heavy (non-hydrogen) atoms. The van der Waals surface area contributed by atoms with E-state index in [1.165, 1.54) is 0 Å². The maximum atomic E-state index is 13.4. The van der Waals surface area contributed by atoms with E-state index >= 15 is 0 Å². The average molecular weight is 252 g/mol. The van der Waals surface area contributed by atoms with Gasteiger partial charge in [0.05, 0.1) is 13.2 Å². The Morgan fingerprint density at radius 2 is 2.11 bits per heavy atom. The summed E-state index contributed by atoms with van der Waals surface area (Å²) in [6, 6.07) is 5.81. The van der Waals surface area contributed by atoms with Crippen LogP contribution in [-0.2, 0) is 0 Å². The van der Waals surface area contributed by atoms with Crippen LogP contribution < -0.4 is 10.1 Å². The minimum absolute atomic E-state index is 0.151. The first-order valence-electron chi connectivity index (χ1n) is 6.41. The van der Waals surface area contributed by atoms with Crippen LogP contribution in [0.2, 0.25) is 0 Å². The van der Waals surface area contributed by atoms with Crippen LogP contribution in [0.25, 0.3) is 0 Å². The van der Waals surface area contributed by atoms with Crippen LogP contribution in [-0.4, -0.2) is 44.9 Å². The first kappa shape index (κ1) is 13.3. The predicted molar refractivity (Wildman–Crippen MR) is 70.9 cm³/mol. The molecule has 3 nitrogen and oxygen atoms in total. The second-order valence-electron chi connectivity index (χ2n) is 4.69. The van der Waals surface area contributed by atoms with Crippen molar-refractivity contribution >= 4 is 0 Å². The smallest absolute Gasteiger partial charge is 0.122 e. The molecule has 0 radical (unpaired) electrons. The van der Waals surface area contributed by atoms with Crippen molar-refractivity contribution in [3.05, 3.63) is 29.3 Å². The minimum Gasteiger partial charge on any atom is -0.496 e. The van der Waals surface area contributed by atoms with Gasteiger partial charge in [-0.05, 0) is 24.1 Å². The molecule has 1 saturated heterocycles. The third-order valence-electron chi connectivity index (χ3n) is 3.56. The number of nitrogens with zero attached hydrogens (tertiary/aromatic N) is 1. The van der Waals surface area contributed by atoms with Gasteiger partial charge in [-0.25, -0.2) is 4.39 Å². The summed E-state index contributed by atoms with van der Waals surface area (Å²) in [5.41, 5.74) is 2.08.